The average Bonchev–Trinajstić information content (AvgIpc) is 3.62. The van der Waals surface area contributed by atoms with Crippen LogP contribution in [0.15, 0.2) is 70.8 Å². The molecular weight excluding hydrogens is 475 g/mol. The number of aromatic nitrogens is 4. The molecule has 2 aromatic heterocycles. The molecule has 2 unspecified atom stereocenters. The molecule has 0 saturated heterocycles. The molecule has 0 spiro atoms. The van der Waals surface area contributed by atoms with Crippen LogP contribution >= 0.6 is 0 Å². The lowest BCUT2D eigenvalue weighted by Crippen LogP contribution is -2.44. The van der Waals surface area contributed by atoms with Crippen LogP contribution < -0.4 is 16.0 Å². The summed E-state index contributed by atoms with van der Waals surface area (Å²) in [5, 5.41) is 11.4. The Bertz CT molecular complexity index is 1550. The minimum atomic E-state index is -1.29. The molecule has 8 nitrogen and oxygen atoms in total. The van der Waals surface area contributed by atoms with Crippen LogP contribution in [0.2, 0.25) is 0 Å². The Labute approximate surface area is 213 Å². The molecule has 2 aromatic carbocycles. The smallest absolute Gasteiger partial charge is 0.331 e. The van der Waals surface area contributed by atoms with E-state index in [1.54, 1.807) is 43.6 Å². The highest BCUT2D eigenvalue weighted by Crippen LogP contribution is 2.32. The number of hydrogen-bond donors (Lipinski definition) is 1. The topological polar surface area (TPSA) is 91.3 Å². The molecule has 2 heterocycles. The molecule has 0 radical (unpaired) electrons. The normalized spacial score (nSPS) is 14.9. The van der Waals surface area contributed by atoms with Crippen molar-refractivity contribution in [1.82, 2.24) is 18.7 Å². The summed E-state index contributed by atoms with van der Waals surface area (Å²) in [5.41, 5.74) is 1.70. The lowest BCUT2D eigenvalue weighted by molar-refractivity contribution is 0.215. The molecule has 4 aromatic rings. The molecule has 9 heteroatoms. The number of benzene rings is 2. The van der Waals surface area contributed by atoms with Gasteiger partial charge in [-0.25, -0.2) is 14.2 Å². The summed E-state index contributed by atoms with van der Waals surface area (Å²) in [6.07, 6.45) is 5.75. The van der Waals surface area contributed by atoms with Crippen molar-refractivity contribution in [2.24, 2.45) is 5.92 Å². The first kappa shape index (κ1) is 24.7. The lowest BCUT2D eigenvalue weighted by atomic mass is 10.0. The second-order valence-electron chi connectivity index (χ2n) is 9.62. The van der Waals surface area contributed by atoms with Crippen LogP contribution in [-0.4, -0.2) is 30.9 Å². The number of methoxy groups -OCH3 is 1. The second-order valence-corrected chi connectivity index (χ2v) is 9.62. The van der Waals surface area contributed by atoms with E-state index in [0.29, 0.717) is 29.3 Å². The van der Waals surface area contributed by atoms with Crippen molar-refractivity contribution in [1.29, 1.82) is 0 Å². The van der Waals surface area contributed by atoms with E-state index in [-0.39, 0.29) is 5.56 Å². The first-order valence-electron chi connectivity index (χ1n) is 12.2. The van der Waals surface area contributed by atoms with Gasteiger partial charge in [0.1, 0.15) is 17.7 Å². The number of rotatable bonds is 8. The van der Waals surface area contributed by atoms with E-state index in [0.717, 1.165) is 28.8 Å². The van der Waals surface area contributed by atoms with Gasteiger partial charge >= 0.3 is 5.69 Å². The average molecular weight is 505 g/mol. The molecular formula is C28H29FN4O4. The highest BCUT2D eigenvalue weighted by molar-refractivity contribution is 5.50. The van der Waals surface area contributed by atoms with E-state index in [1.165, 1.54) is 30.0 Å². The Hall–Kier alpha value is -3.98. The highest BCUT2D eigenvalue weighted by atomic mass is 19.1. The minimum Gasteiger partial charge on any atom is -0.495 e. The van der Waals surface area contributed by atoms with Crippen molar-refractivity contribution in [3.63, 3.8) is 0 Å². The maximum Gasteiger partial charge on any atom is 0.331 e. The number of aliphatic hydroxyl groups is 1. The van der Waals surface area contributed by atoms with E-state index in [9.17, 15) is 19.1 Å². The number of ether oxygens (including phenoxy) is 1. The number of hydrogen-bond acceptors (Lipinski definition) is 5. The van der Waals surface area contributed by atoms with Crippen LogP contribution in [0.1, 0.15) is 54.3 Å². The summed E-state index contributed by atoms with van der Waals surface area (Å²) in [6.45, 7) is 4.07. The zero-order chi connectivity index (χ0) is 26.3. The lowest BCUT2D eigenvalue weighted by Gasteiger charge is -2.21. The summed E-state index contributed by atoms with van der Waals surface area (Å²) >= 11 is 0. The third kappa shape index (κ3) is 4.86. The molecule has 1 aliphatic carbocycles. The highest BCUT2D eigenvalue weighted by Gasteiger charge is 2.27. The minimum absolute atomic E-state index is 0.0856. The molecule has 0 bridgehead atoms. The number of aliphatic hydroxyl groups excluding tert-OH is 1. The van der Waals surface area contributed by atoms with Gasteiger partial charge in [0.05, 0.1) is 36.4 Å². The van der Waals surface area contributed by atoms with E-state index < -0.39 is 29.2 Å². The number of imidazole rings is 1. The van der Waals surface area contributed by atoms with Crippen LogP contribution in [0.25, 0.3) is 5.69 Å². The van der Waals surface area contributed by atoms with Gasteiger partial charge in [-0.1, -0.05) is 18.2 Å². The van der Waals surface area contributed by atoms with E-state index in [2.05, 4.69) is 4.98 Å². The molecule has 192 valence electrons. The maximum atomic E-state index is 13.7. The van der Waals surface area contributed by atoms with E-state index >= 15 is 0 Å². The number of halogens is 1. The van der Waals surface area contributed by atoms with Gasteiger partial charge in [0.2, 0.25) is 0 Å². The molecule has 1 aliphatic rings. The molecule has 5 rings (SSSR count). The zero-order valence-electron chi connectivity index (χ0n) is 21.0. The van der Waals surface area contributed by atoms with Gasteiger partial charge in [0, 0.05) is 18.9 Å². The van der Waals surface area contributed by atoms with E-state index in [1.807, 2.05) is 17.7 Å². The monoisotopic (exact) mass is 504 g/mol. The first-order valence-corrected chi connectivity index (χ1v) is 12.2. The van der Waals surface area contributed by atoms with Crippen molar-refractivity contribution < 1.29 is 14.2 Å². The Morgan fingerprint density at radius 2 is 1.81 bits per heavy atom. The van der Waals surface area contributed by atoms with Gasteiger partial charge in [-0.2, -0.15) is 0 Å². The largest absolute Gasteiger partial charge is 0.495 e. The van der Waals surface area contributed by atoms with Crippen LogP contribution in [0, 0.1) is 18.7 Å². The quantitative estimate of drug-likeness (QED) is 0.395. The van der Waals surface area contributed by atoms with Gasteiger partial charge in [-0.05, 0) is 68.0 Å². The van der Waals surface area contributed by atoms with Crippen molar-refractivity contribution in [3.8, 4) is 11.4 Å². The Balaban J connectivity index is 1.60. The maximum absolute atomic E-state index is 13.7. The summed E-state index contributed by atoms with van der Waals surface area (Å²) < 4.78 is 23.5. The molecule has 37 heavy (non-hydrogen) atoms. The van der Waals surface area contributed by atoms with Gasteiger partial charge in [-0.3, -0.25) is 13.9 Å². The Kier molecular flexibility index (Phi) is 6.55. The van der Waals surface area contributed by atoms with Crippen molar-refractivity contribution in [2.75, 3.05) is 7.11 Å². The summed E-state index contributed by atoms with van der Waals surface area (Å²) in [6, 6.07) is 10.3. The predicted molar refractivity (Wildman–Crippen MR) is 137 cm³/mol. The zero-order valence-corrected chi connectivity index (χ0v) is 21.0. The number of aryl methyl sites for hydroxylation is 1. The fourth-order valence-corrected chi connectivity index (χ4v) is 4.58. The molecule has 1 N–H and O–H groups in total. The first-order chi connectivity index (χ1) is 17.8. The van der Waals surface area contributed by atoms with Crippen molar-refractivity contribution in [3.05, 3.63) is 110 Å². The fraction of sp³-hybridized carbons (Fsp3) is 0.321. The molecule has 2 atom stereocenters. The molecule has 1 fully saturated rings. The fourth-order valence-electron chi connectivity index (χ4n) is 4.58. The predicted octanol–water partition coefficient (Wildman–Crippen LogP) is 3.75. The Morgan fingerprint density at radius 3 is 2.43 bits per heavy atom. The third-order valence-electron chi connectivity index (χ3n) is 6.91. The van der Waals surface area contributed by atoms with E-state index in [4.69, 9.17) is 4.74 Å². The van der Waals surface area contributed by atoms with Crippen molar-refractivity contribution in [2.45, 2.75) is 45.4 Å². The van der Waals surface area contributed by atoms with Crippen LogP contribution in [0.4, 0.5) is 4.39 Å². The SMILES string of the molecule is COc1cc(C(O)c2cn(CC3CC3)c(=O)n(C(C)c3ccc(F)cc3)c2=O)ccc1-n1cnc(C)c1. The van der Waals surface area contributed by atoms with Crippen LogP contribution in [0.5, 0.6) is 5.75 Å². The van der Waals surface area contributed by atoms with Crippen molar-refractivity contribution >= 4 is 0 Å². The summed E-state index contributed by atoms with van der Waals surface area (Å²) in [7, 11) is 1.53. The van der Waals surface area contributed by atoms with Gasteiger partial charge in [0.15, 0.2) is 0 Å². The van der Waals surface area contributed by atoms with Gasteiger partial charge < -0.3 is 14.4 Å². The molecule has 1 saturated carbocycles. The standard InChI is InChI=1S/C28H29FN4O4/c1-17-13-32(16-30-17)24-11-8-21(12-25(24)37-3)26(34)23-15-31(14-19-4-5-19)28(36)33(27(23)35)18(2)20-6-9-22(29)10-7-20/h6-13,15-16,18-19,26,34H,4-5,14H2,1-3H3. The second kappa shape index (κ2) is 9.82. The third-order valence-corrected chi connectivity index (χ3v) is 6.91. The molecule has 0 aliphatic heterocycles. The van der Waals surface area contributed by atoms with Gasteiger partial charge in [0.25, 0.3) is 5.56 Å². The molecule has 0 amide bonds. The van der Waals surface area contributed by atoms with Crippen LogP contribution in [0.3, 0.4) is 0 Å². The Morgan fingerprint density at radius 1 is 1.11 bits per heavy atom. The number of nitrogens with zero attached hydrogens (tertiary/aromatic N) is 4. The summed E-state index contributed by atoms with van der Waals surface area (Å²) in [4.78, 5) is 31.3. The summed E-state index contributed by atoms with van der Waals surface area (Å²) in [5.74, 6) is 0.468. The van der Waals surface area contributed by atoms with Crippen LogP contribution in [-0.2, 0) is 6.54 Å². The van der Waals surface area contributed by atoms with Gasteiger partial charge in [-0.15, -0.1) is 0 Å².